The quantitative estimate of drug-likeness (QED) is 0.602. The Balaban J connectivity index is 2.45. The van der Waals surface area contributed by atoms with Crippen LogP contribution in [0.5, 0.6) is 5.75 Å². The Morgan fingerprint density at radius 2 is 2.14 bits per heavy atom. The molecule has 0 bridgehead atoms. The first-order valence-corrected chi connectivity index (χ1v) is 4.79. The van der Waals surface area contributed by atoms with Gasteiger partial charge in [0.05, 0.1) is 6.61 Å². The predicted octanol–water partition coefficient (Wildman–Crippen LogP) is 2.53. The van der Waals surface area contributed by atoms with Crippen molar-refractivity contribution < 1.29 is 13.9 Å². The summed E-state index contributed by atoms with van der Waals surface area (Å²) in [7, 11) is 1.62. The molecule has 14 heavy (non-hydrogen) atoms. The largest absolute Gasteiger partial charge is 0.490 e. The van der Waals surface area contributed by atoms with Crippen molar-refractivity contribution in [3.05, 3.63) is 24.0 Å². The van der Waals surface area contributed by atoms with Gasteiger partial charge in [-0.2, -0.15) is 0 Å². The molecule has 0 radical (unpaired) electrons. The minimum absolute atomic E-state index is 0.244. The molecule has 1 aromatic rings. The molecule has 0 aliphatic heterocycles. The van der Waals surface area contributed by atoms with Crippen molar-refractivity contribution in [3.8, 4) is 5.75 Å². The average Bonchev–Trinajstić information content (AvgIpc) is 2.18. The summed E-state index contributed by atoms with van der Waals surface area (Å²) in [6, 6.07) is 4.49. The third-order valence-electron chi connectivity index (χ3n) is 1.67. The summed E-state index contributed by atoms with van der Waals surface area (Å²) < 4.78 is 23.1. The standard InChI is InChI=1S/C10H13FO2S/c1-12-5-2-6-13-10-7-8(14)3-4-9(10)11/h3-4,7,14H,2,5-6H2,1H3. The van der Waals surface area contributed by atoms with Crippen LogP contribution in [0.4, 0.5) is 4.39 Å². The van der Waals surface area contributed by atoms with Crippen LogP contribution in [0.25, 0.3) is 0 Å². The normalized spacial score (nSPS) is 10.2. The maximum Gasteiger partial charge on any atom is 0.165 e. The lowest BCUT2D eigenvalue weighted by Crippen LogP contribution is -2.02. The van der Waals surface area contributed by atoms with E-state index in [4.69, 9.17) is 9.47 Å². The van der Waals surface area contributed by atoms with E-state index in [2.05, 4.69) is 12.6 Å². The van der Waals surface area contributed by atoms with Crippen molar-refractivity contribution in [1.82, 2.24) is 0 Å². The first-order valence-electron chi connectivity index (χ1n) is 4.34. The molecule has 1 aromatic carbocycles. The summed E-state index contributed by atoms with van der Waals surface area (Å²) in [4.78, 5) is 0.688. The molecule has 0 aliphatic carbocycles. The molecule has 0 saturated carbocycles. The molecule has 0 unspecified atom stereocenters. The summed E-state index contributed by atoms with van der Waals surface area (Å²) >= 11 is 4.09. The fourth-order valence-electron chi connectivity index (χ4n) is 0.988. The molecule has 0 amide bonds. The average molecular weight is 216 g/mol. The van der Waals surface area contributed by atoms with Gasteiger partial charge in [-0.05, 0) is 18.2 Å². The minimum Gasteiger partial charge on any atom is -0.490 e. The highest BCUT2D eigenvalue weighted by atomic mass is 32.1. The van der Waals surface area contributed by atoms with Gasteiger partial charge in [0.15, 0.2) is 11.6 Å². The van der Waals surface area contributed by atoms with Crippen LogP contribution in [0.15, 0.2) is 23.1 Å². The summed E-state index contributed by atoms with van der Waals surface area (Å²) in [6.45, 7) is 1.06. The number of methoxy groups -OCH3 is 1. The van der Waals surface area contributed by atoms with Crippen LogP contribution in [0.3, 0.4) is 0 Å². The highest BCUT2D eigenvalue weighted by Crippen LogP contribution is 2.20. The van der Waals surface area contributed by atoms with Crippen molar-refractivity contribution in [2.75, 3.05) is 20.3 Å². The SMILES string of the molecule is COCCCOc1cc(S)ccc1F. The van der Waals surface area contributed by atoms with Gasteiger partial charge in [0.25, 0.3) is 0 Å². The van der Waals surface area contributed by atoms with E-state index in [-0.39, 0.29) is 11.6 Å². The second-order valence-corrected chi connectivity index (χ2v) is 3.33. The number of rotatable bonds is 5. The number of thiol groups is 1. The Bertz CT molecular complexity index is 291. The van der Waals surface area contributed by atoms with Crippen LogP contribution < -0.4 is 4.74 Å². The zero-order valence-electron chi connectivity index (χ0n) is 8.00. The highest BCUT2D eigenvalue weighted by molar-refractivity contribution is 7.80. The lowest BCUT2D eigenvalue weighted by atomic mass is 10.3. The molecule has 0 atom stereocenters. The maximum atomic E-state index is 13.1. The van der Waals surface area contributed by atoms with Gasteiger partial charge in [-0.3, -0.25) is 0 Å². The Kier molecular flexibility index (Phi) is 4.76. The molecule has 2 nitrogen and oxygen atoms in total. The van der Waals surface area contributed by atoms with Gasteiger partial charge >= 0.3 is 0 Å². The van der Waals surface area contributed by atoms with Crippen molar-refractivity contribution in [3.63, 3.8) is 0 Å². The van der Waals surface area contributed by atoms with Gasteiger partial charge < -0.3 is 9.47 Å². The van der Waals surface area contributed by atoms with Crippen molar-refractivity contribution in [1.29, 1.82) is 0 Å². The van der Waals surface area contributed by atoms with E-state index in [0.29, 0.717) is 18.1 Å². The molecule has 0 saturated heterocycles. The smallest absolute Gasteiger partial charge is 0.165 e. The Morgan fingerprint density at radius 1 is 1.36 bits per heavy atom. The van der Waals surface area contributed by atoms with Gasteiger partial charge in [0.1, 0.15) is 0 Å². The second-order valence-electron chi connectivity index (χ2n) is 2.81. The van der Waals surface area contributed by atoms with Crippen molar-refractivity contribution >= 4 is 12.6 Å². The molecule has 0 aliphatic rings. The van der Waals surface area contributed by atoms with E-state index >= 15 is 0 Å². The summed E-state index contributed by atoms with van der Waals surface area (Å²) in [5.74, 6) is -0.117. The molecular formula is C10H13FO2S. The molecule has 78 valence electrons. The van der Waals surface area contributed by atoms with Gasteiger partial charge in [-0.25, -0.2) is 4.39 Å². The van der Waals surface area contributed by atoms with Gasteiger partial charge in [-0.1, -0.05) is 0 Å². The summed E-state index contributed by atoms with van der Waals surface area (Å²) in [5, 5.41) is 0. The van der Waals surface area contributed by atoms with E-state index < -0.39 is 0 Å². The number of halogens is 1. The van der Waals surface area contributed by atoms with Crippen LogP contribution in [0, 0.1) is 5.82 Å². The number of hydrogen-bond donors (Lipinski definition) is 1. The zero-order valence-corrected chi connectivity index (χ0v) is 8.89. The first kappa shape index (κ1) is 11.3. The Labute approximate surface area is 88.4 Å². The number of benzene rings is 1. The lowest BCUT2D eigenvalue weighted by molar-refractivity contribution is 0.170. The van der Waals surface area contributed by atoms with Crippen LogP contribution in [-0.2, 0) is 4.74 Å². The van der Waals surface area contributed by atoms with E-state index in [1.165, 1.54) is 6.07 Å². The summed E-state index contributed by atoms with van der Waals surface area (Å²) in [5.41, 5.74) is 0. The molecule has 4 heteroatoms. The second kappa shape index (κ2) is 5.88. The lowest BCUT2D eigenvalue weighted by Gasteiger charge is -2.07. The van der Waals surface area contributed by atoms with Crippen LogP contribution >= 0.6 is 12.6 Å². The third kappa shape index (κ3) is 3.55. The van der Waals surface area contributed by atoms with Gasteiger partial charge in [0.2, 0.25) is 0 Å². The molecule has 1 rings (SSSR count). The fraction of sp³-hybridized carbons (Fsp3) is 0.400. The molecule has 0 heterocycles. The predicted molar refractivity (Wildman–Crippen MR) is 55.6 cm³/mol. The van der Waals surface area contributed by atoms with Crippen molar-refractivity contribution in [2.24, 2.45) is 0 Å². The molecule has 0 spiro atoms. The molecule has 0 fully saturated rings. The number of hydrogen-bond acceptors (Lipinski definition) is 3. The molecule has 0 N–H and O–H groups in total. The van der Waals surface area contributed by atoms with Gasteiger partial charge in [0, 0.05) is 25.0 Å². The Morgan fingerprint density at radius 3 is 2.86 bits per heavy atom. The topological polar surface area (TPSA) is 18.5 Å². The van der Waals surface area contributed by atoms with E-state index in [9.17, 15) is 4.39 Å². The maximum absolute atomic E-state index is 13.1. The van der Waals surface area contributed by atoms with E-state index in [1.807, 2.05) is 0 Å². The van der Waals surface area contributed by atoms with Gasteiger partial charge in [-0.15, -0.1) is 12.6 Å². The van der Waals surface area contributed by atoms with Crippen LogP contribution in [0.1, 0.15) is 6.42 Å². The minimum atomic E-state index is -0.361. The zero-order chi connectivity index (χ0) is 10.4. The van der Waals surface area contributed by atoms with Crippen LogP contribution in [-0.4, -0.2) is 20.3 Å². The Hall–Kier alpha value is -0.740. The van der Waals surface area contributed by atoms with Crippen molar-refractivity contribution in [2.45, 2.75) is 11.3 Å². The van der Waals surface area contributed by atoms with E-state index in [1.54, 1.807) is 19.2 Å². The highest BCUT2D eigenvalue weighted by Gasteiger charge is 2.02. The van der Waals surface area contributed by atoms with E-state index in [0.717, 1.165) is 6.42 Å². The number of ether oxygens (including phenoxy) is 2. The van der Waals surface area contributed by atoms with Crippen LogP contribution in [0.2, 0.25) is 0 Å². The third-order valence-corrected chi connectivity index (χ3v) is 1.94. The fourth-order valence-corrected chi connectivity index (χ4v) is 1.18. The first-order chi connectivity index (χ1) is 6.74. The molecular weight excluding hydrogens is 203 g/mol. The summed E-state index contributed by atoms with van der Waals surface area (Å²) in [6.07, 6.45) is 0.743. The monoisotopic (exact) mass is 216 g/mol. The molecule has 0 aromatic heterocycles.